The number of hydrogen-bond acceptors (Lipinski definition) is 2. The van der Waals surface area contributed by atoms with Gasteiger partial charge in [0.2, 0.25) is 5.91 Å². The minimum Gasteiger partial charge on any atom is -0.479 e. The van der Waals surface area contributed by atoms with Crippen LogP contribution in [-0.2, 0) is 15.1 Å². The Morgan fingerprint density at radius 1 is 1.32 bits per heavy atom. The molecule has 2 N–H and O–H groups in total. The first kappa shape index (κ1) is 13.6. The van der Waals surface area contributed by atoms with Crippen LogP contribution in [0.25, 0.3) is 0 Å². The van der Waals surface area contributed by atoms with Gasteiger partial charge < -0.3 is 10.4 Å². The first-order chi connectivity index (χ1) is 8.77. The van der Waals surface area contributed by atoms with Crippen LogP contribution in [0.5, 0.6) is 0 Å². The van der Waals surface area contributed by atoms with Gasteiger partial charge in [-0.15, -0.1) is 0 Å². The Balaban J connectivity index is 2.22. The average Bonchev–Trinajstić information content (AvgIpc) is 2.99. The molecule has 1 aliphatic rings. The fraction of sp³-hybridized carbons (Fsp3) is 0.467. The minimum absolute atomic E-state index is 0.0137. The van der Waals surface area contributed by atoms with Crippen LogP contribution in [-0.4, -0.2) is 17.0 Å². The largest absolute Gasteiger partial charge is 0.479 e. The molecule has 1 aromatic carbocycles. The van der Waals surface area contributed by atoms with Gasteiger partial charge in [-0.2, -0.15) is 0 Å². The van der Waals surface area contributed by atoms with Crippen molar-refractivity contribution >= 4 is 11.9 Å². The summed E-state index contributed by atoms with van der Waals surface area (Å²) in [6, 6.07) is 8.78. The van der Waals surface area contributed by atoms with Crippen molar-refractivity contribution < 1.29 is 14.7 Å². The van der Waals surface area contributed by atoms with Gasteiger partial charge in [0.15, 0.2) is 5.54 Å². The van der Waals surface area contributed by atoms with E-state index in [4.69, 9.17) is 0 Å². The predicted octanol–water partition coefficient (Wildman–Crippen LogP) is 2.15. The van der Waals surface area contributed by atoms with E-state index in [0.717, 1.165) is 6.42 Å². The summed E-state index contributed by atoms with van der Waals surface area (Å²) in [5.41, 5.74) is -0.814. The molecule has 2 unspecified atom stereocenters. The second kappa shape index (κ2) is 4.37. The van der Waals surface area contributed by atoms with Gasteiger partial charge >= 0.3 is 5.97 Å². The molecule has 1 saturated carbocycles. The summed E-state index contributed by atoms with van der Waals surface area (Å²) >= 11 is 0. The summed E-state index contributed by atoms with van der Waals surface area (Å²) in [4.78, 5) is 23.7. The summed E-state index contributed by atoms with van der Waals surface area (Å²) in [7, 11) is 0. The van der Waals surface area contributed by atoms with E-state index in [2.05, 4.69) is 5.32 Å². The molecule has 2 atom stereocenters. The number of carboxylic acids is 1. The lowest BCUT2D eigenvalue weighted by Gasteiger charge is -2.27. The zero-order valence-electron chi connectivity index (χ0n) is 11.4. The monoisotopic (exact) mass is 261 g/mol. The number of rotatable bonds is 4. The van der Waals surface area contributed by atoms with E-state index < -0.39 is 11.5 Å². The van der Waals surface area contributed by atoms with Gasteiger partial charge in [0, 0.05) is 5.92 Å². The van der Waals surface area contributed by atoms with Crippen LogP contribution in [0, 0.1) is 11.3 Å². The normalized spacial score (nSPS) is 23.2. The molecule has 1 aromatic rings. The van der Waals surface area contributed by atoms with Gasteiger partial charge in [-0.3, -0.25) is 4.79 Å². The molecule has 1 fully saturated rings. The van der Waals surface area contributed by atoms with Crippen molar-refractivity contribution in [2.45, 2.75) is 32.7 Å². The van der Waals surface area contributed by atoms with E-state index >= 15 is 0 Å². The third-order valence-corrected chi connectivity index (χ3v) is 3.98. The number of carboxylic acid groups (broad SMARTS) is 1. The van der Waals surface area contributed by atoms with Gasteiger partial charge in [0.05, 0.1) is 0 Å². The second-order valence-electron chi connectivity index (χ2n) is 6.03. The third-order valence-electron chi connectivity index (χ3n) is 3.98. The highest BCUT2D eigenvalue weighted by Gasteiger charge is 2.52. The number of amides is 1. The minimum atomic E-state index is -1.38. The summed E-state index contributed by atoms with van der Waals surface area (Å²) in [5.74, 6) is -1.32. The molecule has 102 valence electrons. The number of carbonyl (C=O) groups excluding carboxylic acids is 1. The molecule has 4 nitrogen and oxygen atoms in total. The van der Waals surface area contributed by atoms with E-state index in [0.29, 0.717) is 5.56 Å². The number of hydrogen-bond donors (Lipinski definition) is 2. The maximum atomic E-state index is 12.1. The van der Waals surface area contributed by atoms with Gasteiger partial charge in [-0.05, 0) is 24.3 Å². The van der Waals surface area contributed by atoms with E-state index in [9.17, 15) is 14.7 Å². The van der Waals surface area contributed by atoms with Crippen molar-refractivity contribution in [2.24, 2.45) is 11.3 Å². The van der Waals surface area contributed by atoms with E-state index in [1.54, 1.807) is 24.3 Å². The molecule has 0 aromatic heterocycles. The molecule has 0 radical (unpaired) electrons. The van der Waals surface area contributed by atoms with Gasteiger partial charge in [-0.1, -0.05) is 44.2 Å². The number of nitrogens with one attached hydrogen (secondary N) is 1. The highest BCUT2D eigenvalue weighted by atomic mass is 16.4. The molecular formula is C15H19NO3. The quantitative estimate of drug-likeness (QED) is 0.872. The van der Waals surface area contributed by atoms with E-state index in [1.165, 1.54) is 6.92 Å². The lowest BCUT2D eigenvalue weighted by molar-refractivity contribution is -0.147. The topological polar surface area (TPSA) is 66.4 Å². The fourth-order valence-corrected chi connectivity index (χ4v) is 2.27. The standard InChI is InChI=1S/C15H19NO3/c1-14(2)9-11(14)12(17)16-15(3,13(18)19)10-7-5-4-6-8-10/h4-8,11H,9H2,1-3H3,(H,16,17)(H,18,19). The van der Waals surface area contributed by atoms with E-state index in [1.807, 2.05) is 19.9 Å². The van der Waals surface area contributed by atoms with Gasteiger partial charge in [-0.25, -0.2) is 4.79 Å². The summed E-state index contributed by atoms with van der Waals surface area (Å²) in [6.45, 7) is 5.55. The number of aliphatic carboxylic acids is 1. The van der Waals surface area contributed by atoms with Gasteiger partial charge in [0.1, 0.15) is 0 Å². The molecule has 4 heteroatoms. The van der Waals surface area contributed by atoms with Crippen LogP contribution >= 0.6 is 0 Å². The maximum absolute atomic E-state index is 12.1. The summed E-state index contributed by atoms with van der Waals surface area (Å²) in [6.07, 6.45) is 0.809. The SMILES string of the molecule is CC(NC(=O)C1CC1(C)C)(C(=O)O)c1ccccc1. The molecule has 0 saturated heterocycles. The number of carbonyl (C=O) groups is 2. The van der Waals surface area contributed by atoms with Gasteiger partial charge in [0.25, 0.3) is 0 Å². The zero-order valence-corrected chi connectivity index (χ0v) is 11.4. The van der Waals surface area contributed by atoms with Crippen LogP contribution in [0.4, 0.5) is 0 Å². The molecule has 0 bridgehead atoms. The lowest BCUT2D eigenvalue weighted by atomic mass is 9.91. The van der Waals surface area contributed by atoms with Crippen LogP contribution in [0.1, 0.15) is 32.8 Å². The molecule has 19 heavy (non-hydrogen) atoms. The molecule has 0 heterocycles. The third kappa shape index (κ3) is 2.48. The van der Waals surface area contributed by atoms with Crippen LogP contribution in [0.3, 0.4) is 0 Å². The van der Waals surface area contributed by atoms with Crippen molar-refractivity contribution in [1.82, 2.24) is 5.32 Å². The van der Waals surface area contributed by atoms with E-state index in [-0.39, 0.29) is 17.2 Å². The fourth-order valence-electron chi connectivity index (χ4n) is 2.27. The lowest BCUT2D eigenvalue weighted by Crippen LogP contribution is -2.50. The maximum Gasteiger partial charge on any atom is 0.333 e. The van der Waals surface area contributed by atoms with Crippen molar-refractivity contribution in [1.29, 1.82) is 0 Å². The smallest absolute Gasteiger partial charge is 0.333 e. The molecule has 1 amide bonds. The first-order valence-corrected chi connectivity index (χ1v) is 6.38. The first-order valence-electron chi connectivity index (χ1n) is 6.38. The molecule has 0 spiro atoms. The highest BCUT2D eigenvalue weighted by Crippen LogP contribution is 2.51. The molecule has 0 aliphatic heterocycles. The van der Waals surface area contributed by atoms with Crippen LogP contribution < -0.4 is 5.32 Å². The molecule has 1 aliphatic carbocycles. The van der Waals surface area contributed by atoms with Crippen molar-refractivity contribution in [3.8, 4) is 0 Å². The Labute approximate surface area is 112 Å². The Hall–Kier alpha value is -1.84. The highest BCUT2D eigenvalue weighted by molar-refractivity contribution is 5.90. The van der Waals surface area contributed by atoms with Crippen molar-refractivity contribution in [3.63, 3.8) is 0 Å². The van der Waals surface area contributed by atoms with Crippen molar-refractivity contribution in [2.75, 3.05) is 0 Å². The zero-order chi connectivity index (χ0) is 14.3. The number of benzene rings is 1. The van der Waals surface area contributed by atoms with Crippen LogP contribution in [0.2, 0.25) is 0 Å². The summed E-state index contributed by atoms with van der Waals surface area (Å²) < 4.78 is 0. The Morgan fingerprint density at radius 3 is 2.26 bits per heavy atom. The van der Waals surface area contributed by atoms with Crippen molar-refractivity contribution in [3.05, 3.63) is 35.9 Å². The Kier molecular flexibility index (Phi) is 3.12. The van der Waals surface area contributed by atoms with Crippen LogP contribution in [0.15, 0.2) is 30.3 Å². The summed E-state index contributed by atoms with van der Waals surface area (Å²) in [5, 5.41) is 12.1. The average molecular weight is 261 g/mol. The predicted molar refractivity (Wildman–Crippen MR) is 71.5 cm³/mol. The Morgan fingerprint density at radius 2 is 1.84 bits per heavy atom. The second-order valence-corrected chi connectivity index (χ2v) is 6.03. The Bertz CT molecular complexity index is 509. The molecule has 2 rings (SSSR count). The molecular weight excluding hydrogens is 242 g/mol.